The zero-order valence-corrected chi connectivity index (χ0v) is 20.4. The third kappa shape index (κ3) is 3.74. The molecule has 4 saturated carbocycles. The molecule has 3 unspecified atom stereocenters. The molecule has 0 aromatic carbocycles. The molecule has 0 saturated heterocycles. The highest BCUT2D eigenvalue weighted by molar-refractivity contribution is 5.09. The first kappa shape index (κ1) is 22.2. The lowest BCUT2D eigenvalue weighted by Crippen LogP contribution is -2.54. The van der Waals surface area contributed by atoms with Crippen LogP contribution in [-0.2, 0) is 0 Å². The zero-order valence-electron chi connectivity index (χ0n) is 20.4. The van der Waals surface area contributed by atoms with E-state index in [-0.39, 0.29) is 6.10 Å². The average molecular weight is 403 g/mol. The van der Waals surface area contributed by atoms with Crippen molar-refractivity contribution in [1.29, 1.82) is 0 Å². The molecule has 0 heterocycles. The van der Waals surface area contributed by atoms with E-state index in [9.17, 15) is 5.11 Å². The Bertz CT molecular complexity index is 569. The molecule has 10 atom stereocenters. The molecule has 4 rings (SSSR count). The third-order valence-corrected chi connectivity index (χ3v) is 11.6. The summed E-state index contributed by atoms with van der Waals surface area (Å²) in [6, 6.07) is 0. The minimum absolute atomic E-state index is 0.0107. The highest BCUT2D eigenvalue weighted by Crippen LogP contribution is 2.68. The summed E-state index contributed by atoms with van der Waals surface area (Å²) >= 11 is 0. The second-order valence-corrected chi connectivity index (χ2v) is 13.1. The zero-order chi connectivity index (χ0) is 21.0. The van der Waals surface area contributed by atoms with Crippen LogP contribution in [0.3, 0.4) is 0 Å². The average Bonchev–Trinajstić information content (AvgIpc) is 3.03. The summed E-state index contributed by atoms with van der Waals surface area (Å²) in [7, 11) is 0. The van der Waals surface area contributed by atoms with Gasteiger partial charge in [0.1, 0.15) is 0 Å². The second kappa shape index (κ2) is 8.14. The number of hydrogen-bond acceptors (Lipinski definition) is 1. The first-order valence-corrected chi connectivity index (χ1v) is 13.3. The molecular formula is C28H50O. The second-order valence-electron chi connectivity index (χ2n) is 13.1. The minimum Gasteiger partial charge on any atom is -0.393 e. The molecule has 0 aromatic heterocycles. The van der Waals surface area contributed by atoms with E-state index in [0.29, 0.717) is 10.8 Å². The van der Waals surface area contributed by atoms with E-state index in [0.717, 1.165) is 60.2 Å². The Hall–Kier alpha value is -0.0400. The van der Waals surface area contributed by atoms with Gasteiger partial charge in [-0.15, -0.1) is 0 Å². The van der Waals surface area contributed by atoms with E-state index < -0.39 is 0 Å². The maximum Gasteiger partial charge on any atom is 0.0543 e. The van der Waals surface area contributed by atoms with Crippen molar-refractivity contribution in [2.75, 3.05) is 0 Å². The van der Waals surface area contributed by atoms with Gasteiger partial charge < -0.3 is 5.11 Å². The molecule has 4 aliphatic carbocycles. The fourth-order valence-corrected chi connectivity index (χ4v) is 9.27. The summed E-state index contributed by atoms with van der Waals surface area (Å²) in [6.45, 7) is 15.2. The topological polar surface area (TPSA) is 20.2 Å². The van der Waals surface area contributed by atoms with Crippen molar-refractivity contribution in [1.82, 2.24) is 0 Å². The molecule has 0 spiro atoms. The number of rotatable bonds is 5. The number of aliphatic hydroxyl groups is 1. The maximum absolute atomic E-state index is 10.3. The molecule has 4 aliphatic rings. The van der Waals surface area contributed by atoms with Crippen LogP contribution in [0.25, 0.3) is 0 Å². The quantitative estimate of drug-likeness (QED) is 0.499. The molecule has 168 valence electrons. The molecule has 0 radical (unpaired) electrons. The van der Waals surface area contributed by atoms with Gasteiger partial charge in [-0.1, -0.05) is 54.4 Å². The predicted molar refractivity (Wildman–Crippen MR) is 124 cm³/mol. The van der Waals surface area contributed by atoms with Crippen LogP contribution in [-0.4, -0.2) is 11.2 Å². The lowest BCUT2D eigenvalue weighted by molar-refractivity contribution is -0.129. The van der Waals surface area contributed by atoms with Gasteiger partial charge in [-0.3, -0.25) is 0 Å². The third-order valence-electron chi connectivity index (χ3n) is 11.6. The van der Waals surface area contributed by atoms with Crippen molar-refractivity contribution in [3.63, 3.8) is 0 Å². The highest BCUT2D eigenvalue weighted by atomic mass is 16.3. The van der Waals surface area contributed by atoms with Crippen LogP contribution in [0.2, 0.25) is 0 Å². The van der Waals surface area contributed by atoms with Crippen molar-refractivity contribution < 1.29 is 5.11 Å². The van der Waals surface area contributed by atoms with Crippen LogP contribution in [0.4, 0.5) is 0 Å². The summed E-state index contributed by atoms with van der Waals surface area (Å²) in [5.41, 5.74) is 1.14. The minimum atomic E-state index is -0.0107. The molecular weight excluding hydrogens is 352 g/mol. The first-order chi connectivity index (χ1) is 13.7. The van der Waals surface area contributed by atoms with Crippen molar-refractivity contribution >= 4 is 0 Å². The molecule has 1 nitrogen and oxygen atoms in total. The van der Waals surface area contributed by atoms with Gasteiger partial charge in [0, 0.05) is 0 Å². The van der Waals surface area contributed by atoms with Crippen LogP contribution in [0.1, 0.15) is 112 Å². The number of hydrogen-bond donors (Lipinski definition) is 1. The Morgan fingerprint density at radius 1 is 0.793 bits per heavy atom. The fourth-order valence-electron chi connectivity index (χ4n) is 9.27. The van der Waals surface area contributed by atoms with Gasteiger partial charge in [-0.25, -0.2) is 0 Å². The van der Waals surface area contributed by atoms with E-state index in [1.54, 1.807) is 0 Å². The standard InChI is InChI=1S/C28H50O/c1-18(2)19(3)7-8-20(4)24-11-12-25-23-10-9-21-17-22(29)13-15-27(21,5)26(23)14-16-28(24,25)6/h18-26,29H,7-17H2,1-6H3/t19?,20-,21?,22?,23+,24-,25+,26+,27+,28-/m1/s1. The van der Waals surface area contributed by atoms with E-state index in [4.69, 9.17) is 0 Å². The van der Waals surface area contributed by atoms with Gasteiger partial charge >= 0.3 is 0 Å². The number of aliphatic hydroxyl groups excluding tert-OH is 1. The van der Waals surface area contributed by atoms with E-state index >= 15 is 0 Å². The first-order valence-electron chi connectivity index (χ1n) is 13.3. The van der Waals surface area contributed by atoms with Gasteiger partial charge in [-0.2, -0.15) is 0 Å². The van der Waals surface area contributed by atoms with Crippen LogP contribution in [0.5, 0.6) is 0 Å². The molecule has 1 N–H and O–H groups in total. The smallest absolute Gasteiger partial charge is 0.0543 e. The molecule has 0 bridgehead atoms. The summed E-state index contributed by atoms with van der Waals surface area (Å²) < 4.78 is 0. The Morgan fingerprint density at radius 2 is 1.48 bits per heavy atom. The Balaban J connectivity index is 1.46. The van der Waals surface area contributed by atoms with Crippen LogP contribution in [0, 0.1) is 58.2 Å². The molecule has 1 heteroatoms. The molecule has 0 amide bonds. The molecule has 0 aliphatic heterocycles. The molecule has 0 aromatic rings. The normalized spacial score (nSPS) is 49.2. The number of fused-ring (bicyclic) bond motifs is 5. The van der Waals surface area contributed by atoms with Gasteiger partial charge in [0.15, 0.2) is 0 Å². The highest BCUT2D eigenvalue weighted by Gasteiger charge is 2.60. The fraction of sp³-hybridized carbons (Fsp3) is 1.00. The summed E-state index contributed by atoms with van der Waals surface area (Å²) in [4.78, 5) is 0. The van der Waals surface area contributed by atoms with E-state index in [1.165, 1.54) is 57.8 Å². The van der Waals surface area contributed by atoms with Crippen molar-refractivity contribution in [3.05, 3.63) is 0 Å². The molecule has 4 fully saturated rings. The summed E-state index contributed by atoms with van der Waals surface area (Å²) in [5.74, 6) is 7.28. The van der Waals surface area contributed by atoms with Gasteiger partial charge in [-0.05, 0) is 116 Å². The maximum atomic E-state index is 10.3. The van der Waals surface area contributed by atoms with Gasteiger partial charge in [0.2, 0.25) is 0 Å². The van der Waals surface area contributed by atoms with Crippen molar-refractivity contribution in [2.45, 2.75) is 118 Å². The predicted octanol–water partition coefficient (Wildman–Crippen LogP) is 7.71. The van der Waals surface area contributed by atoms with E-state index in [2.05, 4.69) is 41.5 Å². The lowest BCUT2D eigenvalue weighted by Gasteiger charge is -2.61. The van der Waals surface area contributed by atoms with Gasteiger partial charge in [0.05, 0.1) is 6.10 Å². The van der Waals surface area contributed by atoms with E-state index in [1.807, 2.05) is 0 Å². The van der Waals surface area contributed by atoms with Crippen LogP contribution < -0.4 is 0 Å². The largest absolute Gasteiger partial charge is 0.393 e. The van der Waals surface area contributed by atoms with Gasteiger partial charge in [0.25, 0.3) is 0 Å². The van der Waals surface area contributed by atoms with Crippen LogP contribution in [0.15, 0.2) is 0 Å². The van der Waals surface area contributed by atoms with Crippen molar-refractivity contribution in [2.24, 2.45) is 58.2 Å². The summed E-state index contributed by atoms with van der Waals surface area (Å²) in [5, 5.41) is 10.3. The Kier molecular flexibility index (Phi) is 6.22. The lowest BCUT2D eigenvalue weighted by atomic mass is 9.44. The Morgan fingerprint density at radius 3 is 2.21 bits per heavy atom. The molecule has 29 heavy (non-hydrogen) atoms. The Labute approximate surface area is 181 Å². The monoisotopic (exact) mass is 402 g/mol. The SMILES string of the molecule is CC(C)C(C)CC[C@@H](C)[C@H]1CC[C@H]2[C@@H]3CCC4CC(O)CC[C@]4(C)[C@H]3CC[C@]12C. The van der Waals surface area contributed by atoms with Crippen LogP contribution >= 0.6 is 0 Å². The van der Waals surface area contributed by atoms with Crippen molar-refractivity contribution in [3.8, 4) is 0 Å². The summed E-state index contributed by atoms with van der Waals surface area (Å²) in [6.07, 6.45) is 15.1.